The second kappa shape index (κ2) is 9.60. The number of carboxylic acids is 2. The van der Waals surface area contributed by atoms with Crippen molar-refractivity contribution in [2.45, 2.75) is 0 Å². The minimum absolute atomic E-state index is 0.558. The highest BCUT2D eigenvalue weighted by atomic mass is 16.4. The summed E-state index contributed by atoms with van der Waals surface area (Å²) in [6, 6.07) is 0. The summed E-state index contributed by atoms with van der Waals surface area (Å²) in [4.78, 5) is 19.1. The normalized spacial score (nSPS) is 8.83. The minimum atomic E-state index is -1.26. The van der Waals surface area contributed by atoms with E-state index in [2.05, 4.69) is 0 Å². The average molecular weight is 176 g/mol. The molecule has 6 heteroatoms. The van der Waals surface area contributed by atoms with Gasteiger partial charge in [0.25, 0.3) is 0 Å². The Kier molecular flexibility index (Phi) is 10.6. The molecule has 0 amide bonds. The van der Waals surface area contributed by atoms with Crippen molar-refractivity contribution in [2.24, 2.45) is 11.5 Å². The summed E-state index contributed by atoms with van der Waals surface area (Å²) in [6.45, 7) is 1.19. The van der Waals surface area contributed by atoms with Gasteiger partial charge in [0.1, 0.15) is 0 Å². The zero-order valence-corrected chi connectivity index (χ0v) is 6.43. The van der Waals surface area contributed by atoms with Gasteiger partial charge in [-0.25, -0.2) is 9.59 Å². The molecule has 0 atom stereocenters. The topological polar surface area (TPSA) is 127 Å². The number of nitrogens with two attached hydrogens (primary N) is 2. The number of hydrogen-bond acceptors (Lipinski definition) is 4. The first kappa shape index (κ1) is 13.2. The fourth-order valence-corrected chi connectivity index (χ4v) is 0.143. The monoisotopic (exact) mass is 176 g/mol. The fourth-order valence-electron chi connectivity index (χ4n) is 0.143. The van der Waals surface area contributed by atoms with Gasteiger partial charge in [-0.2, -0.15) is 0 Å². The predicted octanol–water partition coefficient (Wildman–Crippen LogP) is -1.38. The number of hydrogen-bond donors (Lipinski definition) is 4. The molecule has 12 heavy (non-hydrogen) atoms. The molecule has 0 aromatic heterocycles. The van der Waals surface area contributed by atoms with Crippen molar-refractivity contribution >= 4 is 11.9 Å². The van der Waals surface area contributed by atoms with Gasteiger partial charge in [-0.1, -0.05) is 0 Å². The third-order valence-electron chi connectivity index (χ3n) is 0.535. The van der Waals surface area contributed by atoms with Gasteiger partial charge in [-0.3, -0.25) is 0 Å². The molecule has 0 bridgehead atoms. The summed E-state index contributed by atoms with van der Waals surface area (Å²) >= 11 is 0. The molecule has 0 aliphatic rings. The zero-order chi connectivity index (χ0) is 9.98. The van der Waals surface area contributed by atoms with E-state index in [4.69, 9.17) is 21.7 Å². The standard InChI is InChI=1S/C4H4O4.C2H8N2/c5-3(6)1-2-4(7)8;3-1-2-4/h1-2H,(H,5,6)(H,7,8);1-4H2/b2-1-;. The van der Waals surface area contributed by atoms with Crippen LogP contribution >= 0.6 is 0 Å². The van der Waals surface area contributed by atoms with Gasteiger partial charge in [-0.05, 0) is 0 Å². The fraction of sp³-hybridized carbons (Fsp3) is 0.333. The molecule has 0 aromatic carbocycles. The Labute approximate surface area is 69.5 Å². The molecule has 0 saturated carbocycles. The molecule has 0 aromatic rings. The van der Waals surface area contributed by atoms with E-state index in [9.17, 15) is 9.59 Å². The quantitative estimate of drug-likeness (QED) is 0.392. The molecule has 0 aliphatic heterocycles. The van der Waals surface area contributed by atoms with Crippen molar-refractivity contribution in [3.05, 3.63) is 12.2 Å². The Hall–Kier alpha value is -1.40. The van der Waals surface area contributed by atoms with Gasteiger partial charge in [-0.15, -0.1) is 0 Å². The molecule has 0 heterocycles. The molecule has 70 valence electrons. The van der Waals surface area contributed by atoms with E-state index in [1.54, 1.807) is 0 Å². The molecule has 6 nitrogen and oxygen atoms in total. The maximum atomic E-state index is 9.55. The van der Waals surface area contributed by atoms with Gasteiger partial charge >= 0.3 is 11.9 Å². The van der Waals surface area contributed by atoms with E-state index < -0.39 is 11.9 Å². The van der Waals surface area contributed by atoms with Gasteiger partial charge in [0.2, 0.25) is 0 Å². The summed E-state index contributed by atoms with van der Waals surface area (Å²) in [5, 5.41) is 15.6. The number of carbonyl (C=O) groups is 2. The molecule has 6 N–H and O–H groups in total. The number of aliphatic carboxylic acids is 2. The molecule has 0 radical (unpaired) electrons. The number of rotatable bonds is 3. The summed E-state index contributed by atoms with van der Waals surface area (Å²) in [5.41, 5.74) is 9.81. The minimum Gasteiger partial charge on any atom is -0.478 e. The molecular formula is C6H12N2O4. The van der Waals surface area contributed by atoms with Crippen LogP contribution in [0.5, 0.6) is 0 Å². The van der Waals surface area contributed by atoms with Gasteiger partial charge in [0, 0.05) is 25.2 Å². The third-order valence-corrected chi connectivity index (χ3v) is 0.535. The van der Waals surface area contributed by atoms with Crippen LogP contribution in [0.2, 0.25) is 0 Å². The molecule has 0 aliphatic carbocycles. The lowest BCUT2D eigenvalue weighted by molar-refractivity contribution is -0.134. The lowest BCUT2D eigenvalue weighted by Gasteiger charge is -1.74. The largest absolute Gasteiger partial charge is 0.478 e. The zero-order valence-electron chi connectivity index (χ0n) is 6.43. The van der Waals surface area contributed by atoms with Crippen LogP contribution in [0.4, 0.5) is 0 Å². The molecule has 0 fully saturated rings. The van der Waals surface area contributed by atoms with Crippen LogP contribution in [0.1, 0.15) is 0 Å². The predicted molar refractivity (Wildman–Crippen MR) is 42.5 cm³/mol. The van der Waals surface area contributed by atoms with Gasteiger partial charge in [0.15, 0.2) is 0 Å². The van der Waals surface area contributed by atoms with Crippen molar-refractivity contribution in [1.29, 1.82) is 0 Å². The molecular weight excluding hydrogens is 164 g/mol. The van der Waals surface area contributed by atoms with Crippen LogP contribution in [0.25, 0.3) is 0 Å². The SMILES string of the molecule is NCCN.O=C(O)/C=C\C(=O)O. The molecule has 0 saturated heterocycles. The summed E-state index contributed by atoms with van der Waals surface area (Å²) in [7, 11) is 0. The van der Waals surface area contributed by atoms with Gasteiger partial charge < -0.3 is 21.7 Å². The molecule has 0 unspecified atom stereocenters. The van der Waals surface area contributed by atoms with Crippen LogP contribution in [-0.2, 0) is 9.59 Å². The van der Waals surface area contributed by atoms with Crippen molar-refractivity contribution in [2.75, 3.05) is 13.1 Å². The van der Waals surface area contributed by atoms with Crippen LogP contribution in [0, 0.1) is 0 Å². The first-order valence-electron chi connectivity index (χ1n) is 3.08. The van der Waals surface area contributed by atoms with Crippen LogP contribution in [0.15, 0.2) is 12.2 Å². The van der Waals surface area contributed by atoms with Crippen LogP contribution in [-0.4, -0.2) is 35.2 Å². The first-order valence-corrected chi connectivity index (χ1v) is 3.08. The highest BCUT2D eigenvalue weighted by Gasteiger charge is 1.88. The second-order valence-corrected chi connectivity index (χ2v) is 1.59. The van der Waals surface area contributed by atoms with Crippen molar-refractivity contribution in [3.8, 4) is 0 Å². The second-order valence-electron chi connectivity index (χ2n) is 1.59. The van der Waals surface area contributed by atoms with Crippen molar-refractivity contribution in [1.82, 2.24) is 0 Å². The Morgan fingerprint density at radius 2 is 1.25 bits per heavy atom. The van der Waals surface area contributed by atoms with E-state index in [1.807, 2.05) is 0 Å². The van der Waals surface area contributed by atoms with E-state index in [0.29, 0.717) is 25.2 Å². The van der Waals surface area contributed by atoms with Crippen molar-refractivity contribution in [3.63, 3.8) is 0 Å². The maximum absolute atomic E-state index is 9.55. The number of carboxylic acid groups (broad SMARTS) is 2. The summed E-state index contributed by atoms with van der Waals surface area (Å²) < 4.78 is 0. The van der Waals surface area contributed by atoms with E-state index >= 15 is 0 Å². The maximum Gasteiger partial charge on any atom is 0.328 e. The Balaban J connectivity index is 0. The molecule has 0 spiro atoms. The Bertz CT molecular complexity index is 149. The highest BCUT2D eigenvalue weighted by Crippen LogP contribution is 1.70. The summed E-state index contributed by atoms with van der Waals surface area (Å²) in [6.07, 6.45) is 1.12. The Morgan fingerprint density at radius 3 is 1.33 bits per heavy atom. The third kappa shape index (κ3) is 23.5. The molecule has 0 rings (SSSR count). The summed E-state index contributed by atoms with van der Waals surface area (Å²) in [5.74, 6) is -2.51. The smallest absolute Gasteiger partial charge is 0.328 e. The Morgan fingerprint density at radius 1 is 1.00 bits per heavy atom. The lowest BCUT2D eigenvalue weighted by Crippen LogP contribution is -2.11. The van der Waals surface area contributed by atoms with Crippen LogP contribution in [0.3, 0.4) is 0 Å². The average Bonchev–Trinajstić information content (AvgIpc) is 2.01. The van der Waals surface area contributed by atoms with Crippen LogP contribution < -0.4 is 11.5 Å². The van der Waals surface area contributed by atoms with Crippen molar-refractivity contribution < 1.29 is 19.8 Å². The van der Waals surface area contributed by atoms with E-state index in [0.717, 1.165) is 0 Å². The van der Waals surface area contributed by atoms with E-state index in [-0.39, 0.29) is 0 Å². The lowest BCUT2D eigenvalue weighted by atomic mass is 10.5. The van der Waals surface area contributed by atoms with E-state index in [1.165, 1.54) is 0 Å². The van der Waals surface area contributed by atoms with Gasteiger partial charge in [0.05, 0.1) is 0 Å². The first-order chi connectivity index (χ1) is 5.54. The highest BCUT2D eigenvalue weighted by molar-refractivity contribution is 5.89.